The molecule has 3 heteroatoms. The Kier molecular flexibility index (Phi) is 6.02. The van der Waals surface area contributed by atoms with Gasteiger partial charge in [-0.15, -0.1) is 0 Å². The predicted molar refractivity (Wildman–Crippen MR) is 81.9 cm³/mol. The average Bonchev–Trinajstić information content (AvgIpc) is 2.93. The number of rotatable bonds is 7. The molecule has 2 unspecified atom stereocenters. The molecular formula is C17H27NO2. The first-order chi connectivity index (χ1) is 9.65. The van der Waals surface area contributed by atoms with Gasteiger partial charge in [-0.25, -0.2) is 0 Å². The second-order valence-electron chi connectivity index (χ2n) is 6.03. The monoisotopic (exact) mass is 277 g/mol. The van der Waals surface area contributed by atoms with Crippen LogP contribution in [0.3, 0.4) is 0 Å². The lowest BCUT2D eigenvalue weighted by Gasteiger charge is -2.22. The van der Waals surface area contributed by atoms with Crippen LogP contribution in [0.25, 0.3) is 0 Å². The predicted octanol–water partition coefficient (Wildman–Crippen LogP) is 3.09. The molecule has 0 spiro atoms. The largest absolute Gasteiger partial charge is 0.381 e. The van der Waals surface area contributed by atoms with E-state index in [1.807, 2.05) is 0 Å². The first-order valence-electron chi connectivity index (χ1n) is 7.64. The molecule has 112 valence electrons. The van der Waals surface area contributed by atoms with Crippen molar-refractivity contribution >= 4 is 0 Å². The van der Waals surface area contributed by atoms with E-state index in [0.29, 0.717) is 12.0 Å². The molecule has 3 nitrogen and oxygen atoms in total. The second kappa shape index (κ2) is 7.77. The van der Waals surface area contributed by atoms with Crippen molar-refractivity contribution in [3.63, 3.8) is 0 Å². The summed E-state index contributed by atoms with van der Waals surface area (Å²) in [6, 6.07) is 9.13. The van der Waals surface area contributed by atoms with E-state index in [-0.39, 0.29) is 6.10 Å². The number of hydrogen-bond donors (Lipinski definition) is 1. The van der Waals surface area contributed by atoms with Gasteiger partial charge in [0.05, 0.1) is 19.3 Å². The van der Waals surface area contributed by atoms with Gasteiger partial charge in [-0.2, -0.15) is 0 Å². The Morgan fingerprint density at radius 3 is 2.65 bits per heavy atom. The Labute approximate surface area is 122 Å². The van der Waals surface area contributed by atoms with Crippen LogP contribution in [0.4, 0.5) is 0 Å². The summed E-state index contributed by atoms with van der Waals surface area (Å²) in [5, 5.41) is 3.48. The minimum absolute atomic E-state index is 0.124. The minimum Gasteiger partial charge on any atom is -0.381 e. The SMILES string of the molecule is Cc1ccc(C(CNC(C)C)OCC2CCOC2)cc1. The summed E-state index contributed by atoms with van der Waals surface area (Å²) in [5.41, 5.74) is 2.54. The highest BCUT2D eigenvalue weighted by Gasteiger charge is 2.19. The van der Waals surface area contributed by atoms with Crippen LogP contribution in [0.2, 0.25) is 0 Å². The molecule has 1 heterocycles. The smallest absolute Gasteiger partial charge is 0.0949 e. The van der Waals surface area contributed by atoms with E-state index < -0.39 is 0 Å². The number of hydrogen-bond acceptors (Lipinski definition) is 3. The highest BCUT2D eigenvalue weighted by atomic mass is 16.5. The molecule has 0 aliphatic carbocycles. The second-order valence-corrected chi connectivity index (χ2v) is 6.03. The topological polar surface area (TPSA) is 30.5 Å². The summed E-state index contributed by atoms with van der Waals surface area (Å²) >= 11 is 0. The van der Waals surface area contributed by atoms with E-state index in [9.17, 15) is 0 Å². The highest BCUT2D eigenvalue weighted by molar-refractivity contribution is 5.23. The zero-order chi connectivity index (χ0) is 14.4. The van der Waals surface area contributed by atoms with Gasteiger partial charge in [0.25, 0.3) is 0 Å². The van der Waals surface area contributed by atoms with Crippen LogP contribution in [-0.2, 0) is 9.47 Å². The van der Waals surface area contributed by atoms with Gasteiger partial charge in [-0.3, -0.25) is 0 Å². The number of aryl methyl sites for hydroxylation is 1. The van der Waals surface area contributed by atoms with Crippen molar-refractivity contribution in [2.75, 3.05) is 26.4 Å². The van der Waals surface area contributed by atoms with Crippen LogP contribution < -0.4 is 5.32 Å². The zero-order valence-electron chi connectivity index (χ0n) is 12.9. The standard InChI is InChI=1S/C17H27NO2/c1-13(2)18-10-17(16-6-4-14(3)5-7-16)20-12-15-8-9-19-11-15/h4-7,13,15,17-18H,8-12H2,1-3H3. The van der Waals surface area contributed by atoms with Crippen molar-refractivity contribution < 1.29 is 9.47 Å². The fraction of sp³-hybridized carbons (Fsp3) is 0.647. The maximum Gasteiger partial charge on any atom is 0.0949 e. The Balaban J connectivity index is 1.93. The summed E-state index contributed by atoms with van der Waals surface area (Å²) in [5.74, 6) is 0.557. The Morgan fingerprint density at radius 2 is 2.05 bits per heavy atom. The third-order valence-electron chi connectivity index (χ3n) is 3.72. The fourth-order valence-electron chi connectivity index (χ4n) is 2.36. The Morgan fingerprint density at radius 1 is 1.30 bits per heavy atom. The van der Waals surface area contributed by atoms with Gasteiger partial charge in [-0.1, -0.05) is 43.7 Å². The molecule has 0 amide bonds. The van der Waals surface area contributed by atoms with Gasteiger partial charge in [0, 0.05) is 25.1 Å². The Hall–Kier alpha value is -0.900. The highest BCUT2D eigenvalue weighted by Crippen LogP contribution is 2.21. The van der Waals surface area contributed by atoms with Gasteiger partial charge < -0.3 is 14.8 Å². The van der Waals surface area contributed by atoms with E-state index in [1.165, 1.54) is 11.1 Å². The van der Waals surface area contributed by atoms with Crippen LogP contribution >= 0.6 is 0 Å². The molecule has 0 aromatic heterocycles. The lowest BCUT2D eigenvalue weighted by atomic mass is 10.1. The number of benzene rings is 1. The van der Waals surface area contributed by atoms with E-state index >= 15 is 0 Å². The van der Waals surface area contributed by atoms with Crippen molar-refractivity contribution in [2.45, 2.75) is 39.3 Å². The van der Waals surface area contributed by atoms with Crippen LogP contribution in [0, 0.1) is 12.8 Å². The van der Waals surface area contributed by atoms with Crippen LogP contribution in [-0.4, -0.2) is 32.4 Å². The molecule has 0 radical (unpaired) electrons. The van der Waals surface area contributed by atoms with Gasteiger partial charge in [0.2, 0.25) is 0 Å². The van der Waals surface area contributed by atoms with E-state index in [1.54, 1.807) is 0 Å². The maximum absolute atomic E-state index is 6.16. The van der Waals surface area contributed by atoms with Crippen LogP contribution in [0.1, 0.15) is 37.5 Å². The van der Waals surface area contributed by atoms with Crippen LogP contribution in [0.5, 0.6) is 0 Å². The number of ether oxygens (including phenoxy) is 2. The van der Waals surface area contributed by atoms with Gasteiger partial charge in [0.15, 0.2) is 0 Å². The molecule has 1 fully saturated rings. The summed E-state index contributed by atoms with van der Waals surface area (Å²) in [6.07, 6.45) is 1.25. The fourth-order valence-corrected chi connectivity index (χ4v) is 2.36. The average molecular weight is 277 g/mol. The molecule has 2 atom stereocenters. The number of nitrogens with one attached hydrogen (secondary N) is 1. The van der Waals surface area contributed by atoms with Crippen molar-refractivity contribution in [1.82, 2.24) is 5.32 Å². The molecule has 20 heavy (non-hydrogen) atoms. The summed E-state index contributed by atoms with van der Waals surface area (Å²) in [6.45, 7) is 9.81. The lowest BCUT2D eigenvalue weighted by molar-refractivity contribution is 0.0244. The van der Waals surface area contributed by atoms with E-state index in [4.69, 9.17) is 9.47 Å². The molecule has 1 aromatic carbocycles. The molecule has 1 saturated heterocycles. The van der Waals surface area contributed by atoms with Crippen molar-refractivity contribution in [3.05, 3.63) is 35.4 Å². The van der Waals surface area contributed by atoms with Gasteiger partial charge >= 0.3 is 0 Å². The molecule has 1 aromatic rings. The van der Waals surface area contributed by atoms with E-state index in [2.05, 4.69) is 50.4 Å². The van der Waals surface area contributed by atoms with Crippen molar-refractivity contribution in [2.24, 2.45) is 5.92 Å². The summed E-state index contributed by atoms with van der Waals surface area (Å²) in [4.78, 5) is 0. The third kappa shape index (κ3) is 4.89. The summed E-state index contributed by atoms with van der Waals surface area (Å²) in [7, 11) is 0. The molecule has 1 N–H and O–H groups in total. The first kappa shape index (κ1) is 15.5. The molecule has 0 saturated carbocycles. The molecule has 2 rings (SSSR count). The normalized spacial score (nSPS) is 20.5. The molecule has 1 aliphatic rings. The van der Waals surface area contributed by atoms with Crippen molar-refractivity contribution in [3.8, 4) is 0 Å². The van der Waals surface area contributed by atoms with Crippen LogP contribution in [0.15, 0.2) is 24.3 Å². The zero-order valence-corrected chi connectivity index (χ0v) is 12.9. The van der Waals surface area contributed by atoms with E-state index in [0.717, 1.165) is 32.8 Å². The molecule has 1 aliphatic heterocycles. The quantitative estimate of drug-likeness (QED) is 0.831. The molecule has 0 bridgehead atoms. The Bertz CT molecular complexity index is 382. The molecular weight excluding hydrogens is 250 g/mol. The lowest BCUT2D eigenvalue weighted by Crippen LogP contribution is -2.30. The van der Waals surface area contributed by atoms with Crippen molar-refractivity contribution in [1.29, 1.82) is 0 Å². The third-order valence-corrected chi connectivity index (χ3v) is 3.72. The first-order valence-corrected chi connectivity index (χ1v) is 7.64. The van der Waals surface area contributed by atoms with Gasteiger partial charge in [-0.05, 0) is 18.9 Å². The maximum atomic E-state index is 6.16. The summed E-state index contributed by atoms with van der Waals surface area (Å²) < 4.78 is 11.6. The van der Waals surface area contributed by atoms with Gasteiger partial charge in [0.1, 0.15) is 0 Å². The minimum atomic E-state index is 0.124.